The Morgan fingerprint density at radius 1 is 1.14 bits per heavy atom. The van der Waals surface area contributed by atoms with Gasteiger partial charge in [-0.1, -0.05) is 6.07 Å². The van der Waals surface area contributed by atoms with Gasteiger partial charge in [-0.25, -0.2) is 0 Å². The minimum absolute atomic E-state index is 0.117. The average molecular weight is 403 g/mol. The number of benzene rings is 2. The average Bonchev–Trinajstić information content (AvgIpc) is 3.18. The molecule has 0 spiro atoms. The third-order valence-corrected chi connectivity index (χ3v) is 4.98. The molecule has 0 saturated heterocycles. The van der Waals surface area contributed by atoms with Crippen LogP contribution in [0.2, 0.25) is 0 Å². The molecule has 2 aromatic carbocycles. The molecule has 0 aromatic heterocycles. The second kappa shape index (κ2) is 9.36. The van der Waals surface area contributed by atoms with Crippen molar-refractivity contribution in [2.24, 2.45) is 0 Å². The maximum absolute atomic E-state index is 12.2. The predicted molar refractivity (Wildman–Crippen MR) is 104 cm³/mol. The maximum atomic E-state index is 12.2. The van der Waals surface area contributed by atoms with E-state index in [2.05, 4.69) is 5.32 Å². The van der Waals surface area contributed by atoms with Gasteiger partial charge in [0.15, 0.2) is 17.6 Å². The van der Waals surface area contributed by atoms with Crippen molar-refractivity contribution in [2.75, 3.05) is 19.7 Å². The Hall–Kier alpha value is -2.87. The molecule has 0 saturated carbocycles. The molecular weight excluding hydrogens is 382 g/mol. The molecule has 1 amide bonds. The number of carbonyl (C=O) groups is 2. The van der Waals surface area contributed by atoms with Gasteiger partial charge < -0.3 is 24.3 Å². The van der Waals surface area contributed by atoms with Gasteiger partial charge in [-0.05, 0) is 48.9 Å². The third-order valence-electron chi connectivity index (χ3n) is 4.00. The van der Waals surface area contributed by atoms with E-state index in [0.29, 0.717) is 18.0 Å². The first-order valence-corrected chi connectivity index (χ1v) is 9.66. The lowest BCUT2D eigenvalue weighted by Gasteiger charge is -2.13. The van der Waals surface area contributed by atoms with Crippen molar-refractivity contribution in [3.8, 4) is 17.2 Å². The van der Waals surface area contributed by atoms with E-state index < -0.39 is 12.1 Å². The van der Waals surface area contributed by atoms with Gasteiger partial charge in [-0.15, -0.1) is 11.8 Å². The van der Waals surface area contributed by atoms with Crippen molar-refractivity contribution >= 4 is 23.6 Å². The summed E-state index contributed by atoms with van der Waals surface area (Å²) in [5.74, 6) is 1.40. The van der Waals surface area contributed by atoms with Gasteiger partial charge in [-0.2, -0.15) is 0 Å². The van der Waals surface area contributed by atoms with E-state index in [0.717, 1.165) is 16.2 Å². The summed E-state index contributed by atoms with van der Waals surface area (Å²) in [6.07, 6.45) is -0.877. The molecule has 0 radical (unpaired) electrons. The molecule has 1 atom stereocenters. The molecule has 0 aliphatic carbocycles. The minimum Gasteiger partial charge on any atom is -0.497 e. The maximum Gasteiger partial charge on any atom is 0.317 e. The van der Waals surface area contributed by atoms with E-state index >= 15 is 0 Å². The summed E-state index contributed by atoms with van der Waals surface area (Å²) in [5, 5.41) is 2.75. The summed E-state index contributed by atoms with van der Waals surface area (Å²) >= 11 is 1.34. The Bertz CT molecular complexity index is 839. The van der Waals surface area contributed by atoms with Crippen molar-refractivity contribution < 1.29 is 28.5 Å². The van der Waals surface area contributed by atoms with Gasteiger partial charge in [0, 0.05) is 11.4 Å². The Morgan fingerprint density at radius 2 is 1.89 bits per heavy atom. The number of rotatable bonds is 8. The van der Waals surface area contributed by atoms with Crippen LogP contribution in [0.1, 0.15) is 12.5 Å². The number of carbonyl (C=O) groups excluding carboxylic acids is 2. The Labute approximate surface area is 167 Å². The molecule has 1 heterocycles. The molecule has 148 valence electrons. The van der Waals surface area contributed by atoms with Crippen LogP contribution in [0.15, 0.2) is 47.4 Å². The van der Waals surface area contributed by atoms with E-state index in [1.165, 1.54) is 11.8 Å². The van der Waals surface area contributed by atoms with E-state index in [1.807, 2.05) is 36.4 Å². The van der Waals surface area contributed by atoms with Crippen LogP contribution in [0.25, 0.3) is 0 Å². The SMILES string of the molecule is COc1ccc(SCC(=O)O[C@H](C)C(=O)NCc2ccc3c(c2)OCO3)cc1. The molecule has 28 heavy (non-hydrogen) atoms. The van der Waals surface area contributed by atoms with Crippen LogP contribution in [0.3, 0.4) is 0 Å². The molecule has 2 aromatic rings. The highest BCUT2D eigenvalue weighted by molar-refractivity contribution is 8.00. The zero-order valence-corrected chi connectivity index (χ0v) is 16.4. The Balaban J connectivity index is 1.41. The number of ether oxygens (including phenoxy) is 4. The molecule has 1 aliphatic rings. The number of fused-ring (bicyclic) bond motifs is 1. The lowest BCUT2D eigenvalue weighted by molar-refractivity contribution is -0.152. The van der Waals surface area contributed by atoms with Crippen LogP contribution >= 0.6 is 11.8 Å². The minimum atomic E-state index is -0.877. The second-order valence-corrected chi connectivity index (χ2v) is 7.05. The van der Waals surface area contributed by atoms with Crippen molar-refractivity contribution in [3.63, 3.8) is 0 Å². The summed E-state index contributed by atoms with van der Waals surface area (Å²) in [4.78, 5) is 25.1. The fourth-order valence-electron chi connectivity index (χ4n) is 2.48. The molecule has 3 rings (SSSR count). The first kappa shape index (κ1) is 19.9. The smallest absolute Gasteiger partial charge is 0.317 e. The zero-order chi connectivity index (χ0) is 19.9. The normalized spacial score (nSPS) is 12.9. The predicted octanol–water partition coefficient (Wildman–Crippen LogP) is 2.76. The summed E-state index contributed by atoms with van der Waals surface area (Å²) < 4.78 is 20.9. The highest BCUT2D eigenvalue weighted by Gasteiger charge is 2.18. The monoisotopic (exact) mass is 403 g/mol. The molecule has 0 fully saturated rings. The largest absolute Gasteiger partial charge is 0.497 e. The highest BCUT2D eigenvalue weighted by Crippen LogP contribution is 2.32. The van der Waals surface area contributed by atoms with E-state index in [9.17, 15) is 9.59 Å². The fraction of sp³-hybridized carbons (Fsp3) is 0.300. The first-order valence-electron chi connectivity index (χ1n) is 8.67. The quantitative estimate of drug-likeness (QED) is 0.536. The molecule has 1 aliphatic heterocycles. The van der Waals surface area contributed by atoms with Gasteiger partial charge in [-0.3, -0.25) is 9.59 Å². The molecule has 8 heteroatoms. The van der Waals surface area contributed by atoms with Crippen molar-refractivity contribution in [3.05, 3.63) is 48.0 Å². The summed E-state index contributed by atoms with van der Waals surface area (Å²) in [6, 6.07) is 12.8. The molecular formula is C20H21NO6S. The standard InChI is InChI=1S/C20H21NO6S/c1-13(27-19(22)11-28-16-6-4-15(24-2)5-7-16)20(23)21-10-14-3-8-17-18(9-14)26-12-25-17/h3-9,13H,10-12H2,1-2H3,(H,21,23)/t13-/m1/s1. The zero-order valence-electron chi connectivity index (χ0n) is 15.6. The van der Waals surface area contributed by atoms with Gasteiger partial charge in [0.25, 0.3) is 5.91 Å². The lowest BCUT2D eigenvalue weighted by Crippen LogP contribution is -2.35. The van der Waals surface area contributed by atoms with Crippen LogP contribution in [0.5, 0.6) is 17.2 Å². The topological polar surface area (TPSA) is 83.1 Å². The van der Waals surface area contributed by atoms with E-state index in [1.54, 1.807) is 20.1 Å². The highest BCUT2D eigenvalue weighted by atomic mass is 32.2. The van der Waals surface area contributed by atoms with E-state index in [4.69, 9.17) is 18.9 Å². The van der Waals surface area contributed by atoms with Gasteiger partial charge in [0.2, 0.25) is 6.79 Å². The molecule has 7 nitrogen and oxygen atoms in total. The fourth-order valence-corrected chi connectivity index (χ4v) is 3.16. The lowest BCUT2D eigenvalue weighted by atomic mass is 10.2. The Kier molecular flexibility index (Phi) is 6.65. The van der Waals surface area contributed by atoms with Gasteiger partial charge in [0.1, 0.15) is 5.75 Å². The van der Waals surface area contributed by atoms with E-state index in [-0.39, 0.29) is 18.5 Å². The van der Waals surface area contributed by atoms with Crippen molar-refractivity contribution in [1.29, 1.82) is 0 Å². The van der Waals surface area contributed by atoms with Crippen LogP contribution in [0, 0.1) is 0 Å². The van der Waals surface area contributed by atoms with Crippen LogP contribution < -0.4 is 19.5 Å². The Morgan fingerprint density at radius 3 is 2.64 bits per heavy atom. The van der Waals surface area contributed by atoms with Gasteiger partial charge >= 0.3 is 5.97 Å². The first-order chi connectivity index (χ1) is 13.5. The number of thioether (sulfide) groups is 1. The van der Waals surface area contributed by atoms with Crippen LogP contribution in [0.4, 0.5) is 0 Å². The summed E-state index contributed by atoms with van der Waals surface area (Å²) in [7, 11) is 1.60. The summed E-state index contributed by atoms with van der Waals surface area (Å²) in [5.41, 5.74) is 0.867. The molecule has 1 N–H and O–H groups in total. The van der Waals surface area contributed by atoms with Crippen LogP contribution in [-0.4, -0.2) is 37.6 Å². The second-order valence-electron chi connectivity index (χ2n) is 6.00. The molecule has 0 bridgehead atoms. The summed E-state index contributed by atoms with van der Waals surface area (Å²) in [6.45, 7) is 2.05. The van der Waals surface area contributed by atoms with Crippen LogP contribution in [-0.2, 0) is 20.9 Å². The molecule has 0 unspecified atom stereocenters. The van der Waals surface area contributed by atoms with Crippen molar-refractivity contribution in [2.45, 2.75) is 24.5 Å². The number of hydrogen-bond donors (Lipinski definition) is 1. The number of nitrogens with one attached hydrogen (secondary N) is 1. The van der Waals surface area contributed by atoms with Crippen molar-refractivity contribution in [1.82, 2.24) is 5.32 Å². The number of amides is 1. The number of methoxy groups -OCH3 is 1. The number of esters is 1. The number of hydrogen-bond acceptors (Lipinski definition) is 7. The van der Waals surface area contributed by atoms with Gasteiger partial charge in [0.05, 0.1) is 12.9 Å². The third kappa shape index (κ3) is 5.32.